The molecule has 1 aliphatic carbocycles. The lowest BCUT2D eigenvalue weighted by Crippen LogP contribution is -2.38. The summed E-state index contributed by atoms with van der Waals surface area (Å²) in [5, 5.41) is 0. The molecule has 1 heterocycles. The van der Waals surface area contributed by atoms with E-state index in [0.29, 0.717) is 11.5 Å². The zero-order valence-electron chi connectivity index (χ0n) is 9.74. The third-order valence-electron chi connectivity index (χ3n) is 4.16. The van der Waals surface area contributed by atoms with Gasteiger partial charge in [-0.25, -0.2) is 4.79 Å². The smallest absolute Gasteiger partial charge is 0.334 e. The van der Waals surface area contributed by atoms with Gasteiger partial charge in [0.1, 0.15) is 6.10 Å². The lowest BCUT2D eigenvalue weighted by Gasteiger charge is -2.42. The summed E-state index contributed by atoms with van der Waals surface area (Å²) in [6, 6.07) is 0. The van der Waals surface area contributed by atoms with E-state index in [1.54, 1.807) is 0 Å². The van der Waals surface area contributed by atoms with Crippen molar-refractivity contribution >= 4 is 5.97 Å². The van der Waals surface area contributed by atoms with Crippen molar-refractivity contribution in [2.45, 2.75) is 25.9 Å². The number of carbonyl (C=O) groups excluding carboxylic acids is 1. The number of rotatable bonds is 2. The summed E-state index contributed by atoms with van der Waals surface area (Å²) in [4.78, 5) is 11.5. The first-order valence-corrected chi connectivity index (χ1v) is 5.67. The van der Waals surface area contributed by atoms with Crippen LogP contribution in [0.5, 0.6) is 0 Å². The molecule has 0 aromatic rings. The van der Waals surface area contributed by atoms with Crippen molar-refractivity contribution in [2.75, 3.05) is 0 Å². The number of allylic oxidation sites excluding steroid dienone is 2. The predicted octanol–water partition coefficient (Wildman–Crippen LogP) is 2.87. The van der Waals surface area contributed by atoms with E-state index in [-0.39, 0.29) is 23.4 Å². The van der Waals surface area contributed by atoms with E-state index in [1.807, 2.05) is 12.2 Å². The minimum atomic E-state index is -0.230. The van der Waals surface area contributed by atoms with Crippen LogP contribution < -0.4 is 0 Å². The normalized spacial score (nSPS) is 42.4. The molecule has 0 aromatic heterocycles. The Bertz CT molecular complexity index is 369. The fourth-order valence-corrected chi connectivity index (χ4v) is 2.88. The third kappa shape index (κ3) is 1.44. The molecule has 2 fully saturated rings. The van der Waals surface area contributed by atoms with Gasteiger partial charge in [-0.2, -0.15) is 0 Å². The highest BCUT2D eigenvalue weighted by Gasteiger charge is 2.49. The molecule has 4 atom stereocenters. The van der Waals surface area contributed by atoms with E-state index in [4.69, 9.17) is 4.74 Å². The molecule has 2 nitrogen and oxygen atoms in total. The standard InChI is InChI=1S/C14H18O2/c1-5-10-7-11-9(3)13(15)16-12(11)8-14(10,4)6-2/h5-6,10-12H,1-3,7-8H2,4H3/t10-,11-,12-,14-/m1/s1. The van der Waals surface area contributed by atoms with Crippen LogP contribution >= 0.6 is 0 Å². The Morgan fingerprint density at radius 2 is 2.19 bits per heavy atom. The van der Waals surface area contributed by atoms with E-state index < -0.39 is 0 Å². The maximum Gasteiger partial charge on any atom is 0.334 e. The van der Waals surface area contributed by atoms with Crippen molar-refractivity contribution in [3.8, 4) is 0 Å². The van der Waals surface area contributed by atoms with Gasteiger partial charge in [0, 0.05) is 11.5 Å². The van der Waals surface area contributed by atoms with Crippen LogP contribution in [0.4, 0.5) is 0 Å². The van der Waals surface area contributed by atoms with E-state index in [9.17, 15) is 4.79 Å². The van der Waals surface area contributed by atoms with Crippen LogP contribution in [0.1, 0.15) is 19.8 Å². The molecular weight excluding hydrogens is 200 g/mol. The molecule has 1 saturated heterocycles. The zero-order chi connectivity index (χ0) is 11.9. The summed E-state index contributed by atoms with van der Waals surface area (Å²) in [6.45, 7) is 13.8. The molecule has 2 rings (SSSR count). The summed E-state index contributed by atoms with van der Waals surface area (Å²) in [5.74, 6) is 0.284. The van der Waals surface area contributed by atoms with Crippen molar-refractivity contribution in [1.82, 2.24) is 0 Å². The van der Waals surface area contributed by atoms with Crippen LogP contribution in [0.25, 0.3) is 0 Å². The molecule has 2 heteroatoms. The fourth-order valence-electron chi connectivity index (χ4n) is 2.88. The van der Waals surface area contributed by atoms with Crippen molar-refractivity contribution < 1.29 is 9.53 Å². The van der Waals surface area contributed by atoms with Gasteiger partial charge in [-0.15, -0.1) is 13.2 Å². The maximum atomic E-state index is 11.5. The molecule has 1 aliphatic heterocycles. The van der Waals surface area contributed by atoms with Crippen LogP contribution in [0, 0.1) is 17.3 Å². The molecule has 0 unspecified atom stereocenters. The fraction of sp³-hybridized carbons (Fsp3) is 0.500. The highest BCUT2D eigenvalue weighted by molar-refractivity contribution is 5.90. The van der Waals surface area contributed by atoms with Gasteiger partial charge in [0.05, 0.1) is 0 Å². The van der Waals surface area contributed by atoms with Crippen LogP contribution in [0.15, 0.2) is 37.5 Å². The van der Waals surface area contributed by atoms with Gasteiger partial charge in [-0.05, 0) is 24.2 Å². The summed E-state index contributed by atoms with van der Waals surface area (Å²) in [7, 11) is 0. The van der Waals surface area contributed by atoms with E-state index >= 15 is 0 Å². The Labute approximate surface area is 96.7 Å². The summed E-state index contributed by atoms with van der Waals surface area (Å²) in [6.07, 6.45) is 5.63. The van der Waals surface area contributed by atoms with Crippen LogP contribution in [-0.2, 0) is 9.53 Å². The van der Waals surface area contributed by atoms with Crippen molar-refractivity contribution in [1.29, 1.82) is 0 Å². The second-order valence-corrected chi connectivity index (χ2v) is 5.07. The van der Waals surface area contributed by atoms with E-state index in [1.165, 1.54) is 0 Å². The topological polar surface area (TPSA) is 26.3 Å². The number of hydrogen-bond acceptors (Lipinski definition) is 2. The third-order valence-corrected chi connectivity index (χ3v) is 4.16. The molecule has 0 bridgehead atoms. The second-order valence-electron chi connectivity index (χ2n) is 5.07. The lowest BCUT2D eigenvalue weighted by molar-refractivity contribution is -0.141. The average molecular weight is 218 g/mol. The number of hydrogen-bond donors (Lipinski definition) is 0. The number of fused-ring (bicyclic) bond motifs is 1. The lowest BCUT2D eigenvalue weighted by atomic mass is 9.63. The van der Waals surface area contributed by atoms with Crippen LogP contribution in [0.2, 0.25) is 0 Å². The van der Waals surface area contributed by atoms with Gasteiger partial charge < -0.3 is 4.74 Å². The SMILES string of the molecule is C=C[C@@H]1C[C@@H]2C(=C)C(=O)O[C@@H]2C[C@@]1(C)C=C. The Morgan fingerprint density at radius 3 is 2.75 bits per heavy atom. The largest absolute Gasteiger partial charge is 0.458 e. The maximum absolute atomic E-state index is 11.5. The number of ether oxygens (including phenoxy) is 1. The second kappa shape index (κ2) is 3.62. The molecule has 86 valence electrons. The van der Waals surface area contributed by atoms with E-state index in [2.05, 4.69) is 26.7 Å². The molecule has 0 aromatic carbocycles. The average Bonchev–Trinajstić information content (AvgIpc) is 2.53. The molecule has 2 aliphatic rings. The minimum Gasteiger partial charge on any atom is -0.458 e. The quantitative estimate of drug-likeness (QED) is 0.405. The van der Waals surface area contributed by atoms with Gasteiger partial charge in [-0.1, -0.05) is 25.7 Å². The Hall–Kier alpha value is -1.31. The van der Waals surface area contributed by atoms with Gasteiger partial charge in [0.25, 0.3) is 0 Å². The van der Waals surface area contributed by atoms with Crippen LogP contribution in [0.3, 0.4) is 0 Å². The van der Waals surface area contributed by atoms with Crippen molar-refractivity contribution in [2.24, 2.45) is 17.3 Å². The first-order chi connectivity index (χ1) is 7.51. The Balaban J connectivity index is 2.29. The van der Waals surface area contributed by atoms with Gasteiger partial charge in [-0.3, -0.25) is 0 Å². The van der Waals surface area contributed by atoms with Gasteiger partial charge in [0.15, 0.2) is 0 Å². The molecule has 0 amide bonds. The summed E-state index contributed by atoms with van der Waals surface area (Å²) < 4.78 is 5.35. The zero-order valence-corrected chi connectivity index (χ0v) is 9.74. The van der Waals surface area contributed by atoms with Gasteiger partial charge >= 0.3 is 5.97 Å². The van der Waals surface area contributed by atoms with Gasteiger partial charge in [0.2, 0.25) is 0 Å². The number of carbonyl (C=O) groups is 1. The summed E-state index contributed by atoms with van der Waals surface area (Å²) >= 11 is 0. The predicted molar refractivity (Wildman–Crippen MR) is 63.7 cm³/mol. The molecule has 16 heavy (non-hydrogen) atoms. The highest BCUT2D eigenvalue weighted by Crippen LogP contribution is 2.50. The monoisotopic (exact) mass is 218 g/mol. The van der Waals surface area contributed by atoms with Crippen LogP contribution in [-0.4, -0.2) is 12.1 Å². The molecule has 0 N–H and O–H groups in total. The first-order valence-electron chi connectivity index (χ1n) is 5.67. The number of esters is 1. The minimum absolute atomic E-state index is 0.0146. The first kappa shape index (κ1) is 11.2. The molecule has 1 saturated carbocycles. The van der Waals surface area contributed by atoms with E-state index in [0.717, 1.165) is 12.8 Å². The molecule has 0 radical (unpaired) electrons. The molecular formula is C14H18O2. The van der Waals surface area contributed by atoms with Crippen molar-refractivity contribution in [3.63, 3.8) is 0 Å². The Kier molecular flexibility index (Phi) is 2.53. The Morgan fingerprint density at radius 1 is 1.50 bits per heavy atom. The van der Waals surface area contributed by atoms with Crippen molar-refractivity contribution in [3.05, 3.63) is 37.5 Å². The molecule has 0 spiro atoms. The highest BCUT2D eigenvalue weighted by atomic mass is 16.6. The summed E-state index contributed by atoms with van der Waals surface area (Å²) in [5.41, 5.74) is 0.608.